The standard InChI is InChI=1S/C26H26F6N2O/c1-2-3-4-14-34(24(35)20-10-12-21(13-11-20)25(27,28)29)18-23-9-6-15-33(23)17-19-7-5-8-22(16-19)26(30,31)32/h5-13,15-16H,2-4,14,17-18H2,1H3. The van der Waals surface area contributed by atoms with E-state index in [1.807, 2.05) is 6.92 Å². The zero-order valence-electron chi connectivity index (χ0n) is 19.2. The Balaban J connectivity index is 1.81. The number of benzene rings is 2. The second kappa shape index (κ2) is 11.0. The molecule has 0 atom stereocenters. The van der Waals surface area contributed by atoms with E-state index in [2.05, 4.69) is 0 Å². The summed E-state index contributed by atoms with van der Waals surface area (Å²) in [6.45, 7) is 2.78. The van der Waals surface area contributed by atoms with Crippen molar-refractivity contribution in [1.82, 2.24) is 9.47 Å². The molecule has 0 fully saturated rings. The summed E-state index contributed by atoms with van der Waals surface area (Å²) in [5.41, 5.74) is -0.252. The molecule has 188 valence electrons. The fraction of sp³-hybridized carbons (Fsp3) is 0.346. The van der Waals surface area contributed by atoms with Crippen molar-refractivity contribution < 1.29 is 31.1 Å². The lowest BCUT2D eigenvalue weighted by Gasteiger charge is -2.24. The highest BCUT2D eigenvalue weighted by molar-refractivity contribution is 5.94. The molecule has 0 saturated heterocycles. The molecule has 0 spiro atoms. The second-order valence-electron chi connectivity index (χ2n) is 8.33. The lowest BCUT2D eigenvalue weighted by Crippen LogP contribution is -2.32. The predicted molar refractivity (Wildman–Crippen MR) is 121 cm³/mol. The third kappa shape index (κ3) is 7.13. The Morgan fingerprint density at radius 1 is 0.857 bits per heavy atom. The summed E-state index contributed by atoms with van der Waals surface area (Å²) in [6.07, 6.45) is -4.69. The summed E-state index contributed by atoms with van der Waals surface area (Å²) < 4.78 is 79.7. The molecule has 0 aliphatic carbocycles. The van der Waals surface area contributed by atoms with Gasteiger partial charge in [-0.05, 0) is 60.5 Å². The molecule has 1 amide bonds. The van der Waals surface area contributed by atoms with Gasteiger partial charge in [-0.2, -0.15) is 26.3 Å². The number of unbranched alkanes of at least 4 members (excludes halogenated alkanes) is 2. The van der Waals surface area contributed by atoms with Crippen LogP contribution < -0.4 is 0 Å². The fourth-order valence-corrected chi connectivity index (χ4v) is 3.77. The van der Waals surface area contributed by atoms with Crippen molar-refractivity contribution in [2.75, 3.05) is 6.54 Å². The molecule has 0 unspecified atom stereocenters. The van der Waals surface area contributed by atoms with E-state index in [0.717, 1.165) is 43.5 Å². The maximum absolute atomic E-state index is 13.2. The van der Waals surface area contributed by atoms with Crippen LogP contribution in [0, 0.1) is 0 Å². The molecular formula is C26H26F6N2O. The zero-order chi connectivity index (χ0) is 25.6. The van der Waals surface area contributed by atoms with Gasteiger partial charge in [-0.15, -0.1) is 0 Å². The fourth-order valence-electron chi connectivity index (χ4n) is 3.77. The molecule has 0 bridgehead atoms. The zero-order valence-corrected chi connectivity index (χ0v) is 19.2. The van der Waals surface area contributed by atoms with Crippen LogP contribution in [-0.2, 0) is 25.4 Å². The van der Waals surface area contributed by atoms with Gasteiger partial charge in [-0.25, -0.2) is 0 Å². The minimum atomic E-state index is -4.49. The molecular weight excluding hydrogens is 470 g/mol. The van der Waals surface area contributed by atoms with Crippen LogP contribution in [0.1, 0.15) is 58.9 Å². The maximum Gasteiger partial charge on any atom is 0.416 e. The van der Waals surface area contributed by atoms with Gasteiger partial charge in [0.2, 0.25) is 0 Å². The first-order chi connectivity index (χ1) is 16.5. The summed E-state index contributed by atoms with van der Waals surface area (Å²) in [5, 5.41) is 0. The molecule has 9 heteroatoms. The number of alkyl halides is 6. The number of carbonyl (C=O) groups excluding carboxylic acids is 1. The van der Waals surface area contributed by atoms with Crippen molar-refractivity contribution in [2.24, 2.45) is 0 Å². The molecule has 0 N–H and O–H groups in total. The Labute approximate surface area is 200 Å². The van der Waals surface area contributed by atoms with Gasteiger partial charge in [0.25, 0.3) is 5.91 Å². The SMILES string of the molecule is CCCCCN(Cc1cccn1Cc1cccc(C(F)(F)F)c1)C(=O)c1ccc(C(F)(F)F)cc1. The van der Waals surface area contributed by atoms with E-state index in [-0.39, 0.29) is 18.7 Å². The van der Waals surface area contributed by atoms with Crippen LogP contribution in [0.15, 0.2) is 66.9 Å². The van der Waals surface area contributed by atoms with Crippen molar-refractivity contribution >= 4 is 5.91 Å². The topological polar surface area (TPSA) is 25.2 Å². The second-order valence-corrected chi connectivity index (χ2v) is 8.33. The van der Waals surface area contributed by atoms with Gasteiger partial charge >= 0.3 is 12.4 Å². The molecule has 2 aromatic carbocycles. The molecule has 3 rings (SSSR count). The Hall–Kier alpha value is -3.23. The highest BCUT2D eigenvalue weighted by Crippen LogP contribution is 2.30. The largest absolute Gasteiger partial charge is 0.416 e. The van der Waals surface area contributed by atoms with E-state index in [4.69, 9.17) is 0 Å². The molecule has 35 heavy (non-hydrogen) atoms. The van der Waals surface area contributed by atoms with E-state index in [1.54, 1.807) is 33.9 Å². The minimum Gasteiger partial charge on any atom is -0.345 e. The summed E-state index contributed by atoms with van der Waals surface area (Å²) in [6, 6.07) is 12.7. The molecule has 3 aromatic rings. The molecule has 0 saturated carbocycles. The van der Waals surface area contributed by atoms with Crippen molar-refractivity contribution in [3.63, 3.8) is 0 Å². The molecule has 0 radical (unpaired) electrons. The lowest BCUT2D eigenvalue weighted by atomic mass is 10.1. The predicted octanol–water partition coefficient (Wildman–Crippen LogP) is 7.41. The van der Waals surface area contributed by atoms with E-state index in [9.17, 15) is 31.1 Å². The number of nitrogens with zero attached hydrogens (tertiary/aromatic N) is 2. The van der Waals surface area contributed by atoms with Crippen LogP contribution in [0.25, 0.3) is 0 Å². The first kappa shape index (κ1) is 26.4. The third-order valence-corrected chi connectivity index (χ3v) is 5.66. The van der Waals surface area contributed by atoms with Crippen molar-refractivity contribution in [1.29, 1.82) is 0 Å². The van der Waals surface area contributed by atoms with Gasteiger partial charge in [0, 0.05) is 30.5 Å². The van der Waals surface area contributed by atoms with Crippen LogP contribution in [0.5, 0.6) is 0 Å². The Bertz CT molecular complexity index is 1120. The summed E-state index contributed by atoms with van der Waals surface area (Å²) in [5.74, 6) is -0.401. The number of rotatable bonds is 9. The van der Waals surface area contributed by atoms with Gasteiger partial charge in [-0.1, -0.05) is 31.9 Å². The van der Waals surface area contributed by atoms with E-state index < -0.39 is 29.4 Å². The van der Waals surface area contributed by atoms with Gasteiger partial charge < -0.3 is 9.47 Å². The van der Waals surface area contributed by atoms with Gasteiger partial charge in [0.05, 0.1) is 17.7 Å². The Morgan fingerprint density at radius 2 is 1.54 bits per heavy atom. The number of hydrogen-bond acceptors (Lipinski definition) is 1. The lowest BCUT2D eigenvalue weighted by molar-refractivity contribution is -0.138. The summed E-state index contributed by atoms with van der Waals surface area (Å²) in [7, 11) is 0. The van der Waals surface area contributed by atoms with Crippen molar-refractivity contribution in [3.8, 4) is 0 Å². The van der Waals surface area contributed by atoms with Gasteiger partial charge in [-0.3, -0.25) is 4.79 Å². The number of carbonyl (C=O) groups is 1. The summed E-state index contributed by atoms with van der Waals surface area (Å²) in [4.78, 5) is 14.7. The van der Waals surface area contributed by atoms with Crippen LogP contribution >= 0.6 is 0 Å². The highest BCUT2D eigenvalue weighted by atomic mass is 19.4. The van der Waals surface area contributed by atoms with Crippen molar-refractivity contribution in [2.45, 2.75) is 51.6 Å². The number of aromatic nitrogens is 1. The van der Waals surface area contributed by atoms with Crippen LogP contribution in [0.2, 0.25) is 0 Å². The minimum absolute atomic E-state index is 0.144. The quantitative estimate of drug-likeness (QED) is 0.224. The van der Waals surface area contributed by atoms with Gasteiger partial charge in [0.1, 0.15) is 0 Å². The average molecular weight is 496 g/mol. The highest BCUT2D eigenvalue weighted by Gasteiger charge is 2.31. The van der Waals surface area contributed by atoms with Crippen LogP contribution in [-0.4, -0.2) is 21.9 Å². The first-order valence-electron chi connectivity index (χ1n) is 11.3. The average Bonchev–Trinajstić information content (AvgIpc) is 3.23. The van der Waals surface area contributed by atoms with Crippen molar-refractivity contribution in [3.05, 3.63) is 94.8 Å². The smallest absolute Gasteiger partial charge is 0.345 e. The van der Waals surface area contributed by atoms with Crippen LogP contribution in [0.3, 0.4) is 0 Å². The Kier molecular flexibility index (Phi) is 8.30. The maximum atomic E-state index is 13.2. The van der Waals surface area contributed by atoms with Crippen LogP contribution in [0.4, 0.5) is 26.3 Å². The first-order valence-corrected chi connectivity index (χ1v) is 11.3. The van der Waals surface area contributed by atoms with E-state index >= 15 is 0 Å². The number of hydrogen-bond donors (Lipinski definition) is 0. The third-order valence-electron chi connectivity index (χ3n) is 5.66. The molecule has 1 aromatic heterocycles. The number of halogens is 6. The molecule has 0 aliphatic rings. The van der Waals surface area contributed by atoms with E-state index in [1.165, 1.54) is 18.2 Å². The summed E-state index contributed by atoms with van der Waals surface area (Å²) >= 11 is 0. The number of amides is 1. The molecule has 1 heterocycles. The Morgan fingerprint density at radius 3 is 2.17 bits per heavy atom. The molecule has 3 nitrogen and oxygen atoms in total. The monoisotopic (exact) mass is 496 g/mol. The normalized spacial score (nSPS) is 12.1. The molecule has 0 aliphatic heterocycles. The van der Waals surface area contributed by atoms with Gasteiger partial charge in [0.15, 0.2) is 0 Å². The van der Waals surface area contributed by atoms with E-state index in [0.29, 0.717) is 17.8 Å².